The molecule has 1 saturated heterocycles. The van der Waals surface area contributed by atoms with Crippen LogP contribution in [0.2, 0.25) is 5.02 Å². The van der Waals surface area contributed by atoms with Crippen LogP contribution in [0.4, 0.5) is 0 Å². The third-order valence-corrected chi connectivity index (χ3v) is 5.12. The molecule has 2 aromatic rings. The van der Waals surface area contributed by atoms with Crippen LogP contribution in [0.25, 0.3) is 0 Å². The van der Waals surface area contributed by atoms with Crippen molar-refractivity contribution in [3.8, 4) is 0 Å². The molecule has 1 aliphatic heterocycles. The molecule has 1 amide bonds. The zero-order valence-corrected chi connectivity index (χ0v) is 15.4. The van der Waals surface area contributed by atoms with E-state index in [-0.39, 0.29) is 5.91 Å². The fourth-order valence-corrected chi connectivity index (χ4v) is 3.25. The van der Waals surface area contributed by atoms with Gasteiger partial charge in [-0.1, -0.05) is 42.8 Å². The van der Waals surface area contributed by atoms with Gasteiger partial charge >= 0.3 is 0 Å². The van der Waals surface area contributed by atoms with Crippen molar-refractivity contribution in [1.29, 1.82) is 0 Å². The van der Waals surface area contributed by atoms with E-state index in [9.17, 15) is 4.79 Å². The zero-order valence-electron chi connectivity index (χ0n) is 14.7. The van der Waals surface area contributed by atoms with Crippen molar-refractivity contribution in [3.05, 3.63) is 70.2 Å². The Kier molecular flexibility index (Phi) is 6.11. The average molecular weight is 357 g/mol. The zero-order chi connectivity index (χ0) is 17.6. The number of hydrogen-bond acceptors (Lipinski definition) is 2. The standard InChI is InChI=1S/C21H25ClN2O/c1-16-10-12-24(13-11-16)15-18-2-6-19(7-3-18)21(25)23-14-17-4-8-20(22)9-5-17/h2-9,16H,10-15H2,1H3,(H,23,25). The molecule has 2 aromatic carbocycles. The number of benzene rings is 2. The van der Waals surface area contributed by atoms with Crippen molar-refractivity contribution >= 4 is 17.5 Å². The Morgan fingerprint density at radius 3 is 2.28 bits per heavy atom. The number of carbonyl (C=O) groups is 1. The van der Waals surface area contributed by atoms with Crippen LogP contribution < -0.4 is 5.32 Å². The molecule has 1 N–H and O–H groups in total. The van der Waals surface area contributed by atoms with Gasteiger partial charge in [-0.25, -0.2) is 0 Å². The minimum atomic E-state index is -0.0479. The maximum absolute atomic E-state index is 12.3. The van der Waals surface area contributed by atoms with Crippen LogP contribution in [0.5, 0.6) is 0 Å². The maximum atomic E-state index is 12.3. The minimum absolute atomic E-state index is 0.0479. The summed E-state index contributed by atoms with van der Waals surface area (Å²) in [5, 5.41) is 3.65. The summed E-state index contributed by atoms with van der Waals surface area (Å²) < 4.78 is 0. The van der Waals surface area contributed by atoms with E-state index >= 15 is 0 Å². The van der Waals surface area contributed by atoms with Crippen molar-refractivity contribution in [1.82, 2.24) is 10.2 Å². The number of piperidine rings is 1. The third kappa shape index (κ3) is 5.32. The van der Waals surface area contributed by atoms with Crippen LogP contribution in [0.3, 0.4) is 0 Å². The highest BCUT2D eigenvalue weighted by atomic mass is 35.5. The number of likely N-dealkylation sites (tertiary alicyclic amines) is 1. The first-order chi connectivity index (χ1) is 12.1. The number of halogens is 1. The summed E-state index contributed by atoms with van der Waals surface area (Å²) in [7, 11) is 0. The number of amides is 1. The highest BCUT2D eigenvalue weighted by molar-refractivity contribution is 6.30. The van der Waals surface area contributed by atoms with Crippen molar-refractivity contribution in [3.63, 3.8) is 0 Å². The van der Waals surface area contributed by atoms with E-state index in [4.69, 9.17) is 11.6 Å². The van der Waals surface area contributed by atoms with E-state index in [1.807, 2.05) is 36.4 Å². The molecule has 0 aliphatic carbocycles. The van der Waals surface area contributed by atoms with Crippen LogP contribution in [-0.4, -0.2) is 23.9 Å². The van der Waals surface area contributed by atoms with E-state index in [1.165, 1.54) is 31.5 Å². The lowest BCUT2D eigenvalue weighted by Crippen LogP contribution is -2.32. The summed E-state index contributed by atoms with van der Waals surface area (Å²) in [5.74, 6) is 0.802. The fraction of sp³-hybridized carbons (Fsp3) is 0.381. The first kappa shape index (κ1) is 18.0. The largest absolute Gasteiger partial charge is 0.348 e. The molecule has 3 nitrogen and oxygen atoms in total. The van der Waals surface area contributed by atoms with Crippen LogP contribution in [0, 0.1) is 5.92 Å². The lowest BCUT2D eigenvalue weighted by molar-refractivity contribution is 0.0951. The summed E-state index contributed by atoms with van der Waals surface area (Å²) in [6, 6.07) is 15.5. The molecule has 25 heavy (non-hydrogen) atoms. The second kappa shape index (κ2) is 8.50. The molecule has 4 heteroatoms. The van der Waals surface area contributed by atoms with Gasteiger partial charge in [-0.05, 0) is 67.2 Å². The van der Waals surface area contributed by atoms with Gasteiger partial charge in [0.2, 0.25) is 0 Å². The van der Waals surface area contributed by atoms with Gasteiger partial charge in [0.1, 0.15) is 0 Å². The van der Waals surface area contributed by atoms with E-state index in [0.717, 1.165) is 18.0 Å². The van der Waals surface area contributed by atoms with Gasteiger partial charge in [-0.15, -0.1) is 0 Å². The number of nitrogens with one attached hydrogen (secondary N) is 1. The molecule has 1 heterocycles. The van der Waals surface area contributed by atoms with E-state index in [1.54, 1.807) is 0 Å². The predicted molar refractivity (Wildman–Crippen MR) is 103 cm³/mol. The quantitative estimate of drug-likeness (QED) is 0.855. The molecule has 1 fully saturated rings. The molecule has 0 aromatic heterocycles. The predicted octanol–water partition coefficient (Wildman–Crippen LogP) is 4.50. The number of nitrogens with zero attached hydrogens (tertiary/aromatic N) is 1. The summed E-state index contributed by atoms with van der Waals surface area (Å²) in [6.07, 6.45) is 2.57. The summed E-state index contributed by atoms with van der Waals surface area (Å²) >= 11 is 5.87. The first-order valence-electron chi connectivity index (χ1n) is 8.94. The second-order valence-corrected chi connectivity index (χ2v) is 7.40. The van der Waals surface area contributed by atoms with E-state index in [2.05, 4.69) is 29.3 Å². The Morgan fingerprint density at radius 1 is 1.04 bits per heavy atom. The molecule has 132 valence electrons. The maximum Gasteiger partial charge on any atom is 0.251 e. The normalized spacial score (nSPS) is 15.9. The Labute approximate surface area is 155 Å². The van der Waals surface area contributed by atoms with Gasteiger partial charge in [0.15, 0.2) is 0 Å². The van der Waals surface area contributed by atoms with Gasteiger partial charge in [0, 0.05) is 23.7 Å². The molecule has 0 spiro atoms. The van der Waals surface area contributed by atoms with Gasteiger partial charge in [0.25, 0.3) is 5.91 Å². The monoisotopic (exact) mass is 356 g/mol. The summed E-state index contributed by atoms with van der Waals surface area (Å²) in [4.78, 5) is 14.8. The van der Waals surface area contributed by atoms with Gasteiger partial charge in [0.05, 0.1) is 0 Å². The van der Waals surface area contributed by atoms with Crippen molar-refractivity contribution in [2.45, 2.75) is 32.9 Å². The highest BCUT2D eigenvalue weighted by Crippen LogP contribution is 2.18. The molecule has 0 unspecified atom stereocenters. The van der Waals surface area contributed by atoms with Crippen molar-refractivity contribution in [2.24, 2.45) is 5.92 Å². The smallest absolute Gasteiger partial charge is 0.251 e. The molecular formula is C21H25ClN2O. The topological polar surface area (TPSA) is 32.3 Å². The second-order valence-electron chi connectivity index (χ2n) is 6.96. The van der Waals surface area contributed by atoms with E-state index < -0.39 is 0 Å². The van der Waals surface area contributed by atoms with Crippen LogP contribution in [0.15, 0.2) is 48.5 Å². The van der Waals surface area contributed by atoms with Crippen LogP contribution in [-0.2, 0) is 13.1 Å². The molecule has 0 bridgehead atoms. The number of carbonyl (C=O) groups excluding carboxylic acids is 1. The minimum Gasteiger partial charge on any atom is -0.348 e. The number of hydrogen-bond donors (Lipinski definition) is 1. The van der Waals surface area contributed by atoms with E-state index in [0.29, 0.717) is 17.1 Å². The highest BCUT2D eigenvalue weighted by Gasteiger charge is 2.15. The average Bonchev–Trinajstić information content (AvgIpc) is 2.63. The third-order valence-electron chi connectivity index (χ3n) is 4.86. The molecule has 0 radical (unpaired) electrons. The van der Waals surface area contributed by atoms with Gasteiger partial charge < -0.3 is 5.32 Å². The van der Waals surface area contributed by atoms with Gasteiger partial charge in [-0.2, -0.15) is 0 Å². The Hall–Kier alpha value is -1.84. The molecule has 3 rings (SSSR count). The molecule has 1 aliphatic rings. The Morgan fingerprint density at radius 2 is 1.64 bits per heavy atom. The molecule has 0 saturated carbocycles. The van der Waals surface area contributed by atoms with Gasteiger partial charge in [-0.3, -0.25) is 9.69 Å². The Balaban J connectivity index is 1.50. The lowest BCUT2D eigenvalue weighted by atomic mass is 9.99. The molecule has 0 atom stereocenters. The van der Waals surface area contributed by atoms with Crippen molar-refractivity contribution < 1.29 is 4.79 Å². The Bertz CT molecular complexity index is 689. The van der Waals surface area contributed by atoms with Crippen LogP contribution >= 0.6 is 11.6 Å². The summed E-state index contributed by atoms with van der Waals surface area (Å²) in [5.41, 5.74) is 3.00. The lowest BCUT2D eigenvalue weighted by Gasteiger charge is -2.30. The fourth-order valence-electron chi connectivity index (χ4n) is 3.13. The summed E-state index contributed by atoms with van der Waals surface area (Å²) in [6.45, 7) is 6.15. The molecular weight excluding hydrogens is 332 g/mol. The number of rotatable bonds is 5. The van der Waals surface area contributed by atoms with Crippen LogP contribution in [0.1, 0.15) is 41.3 Å². The SMILES string of the molecule is CC1CCN(Cc2ccc(C(=O)NCc3ccc(Cl)cc3)cc2)CC1. The first-order valence-corrected chi connectivity index (χ1v) is 9.32. The van der Waals surface area contributed by atoms with Crippen molar-refractivity contribution in [2.75, 3.05) is 13.1 Å².